The van der Waals surface area contributed by atoms with Crippen molar-refractivity contribution in [1.29, 1.82) is 0 Å². The standard InChI is InChI=1S/C9H8BrN5O3S/c10-5-1-6(15(16)17)3-7(2-5)18-4-8-13-14-9(12-11)19-8/h1-3H,4,11H2,(H,12,14). The summed E-state index contributed by atoms with van der Waals surface area (Å²) in [7, 11) is 0. The minimum Gasteiger partial charge on any atom is -0.486 e. The van der Waals surface area contributed by atoms with E-state index in [0.29, 0.717) is 20.4 Å². The fraction of sp³-hybridized carbons (Fsp3) is 0.111. The van der Waals surface area contributed by atoms with Gasteiger partial charge < -0.3 is 4.74 Å². The number of nitrogens with two attached hydrogens (primary N) is 1. The third kappa shape index (κ3) is 3.59. The molecule has 0 atom stereocenters. The molecule has 8 nitrogen and oxygen atoms in total. The molecule has 0 aliphatic carbocycles. The summed E-state index contributed by atoms with van der Waals surface area (Å²) in [6, 6.07) is 4.37. The fourth-order valence-electron chi connectivity index (χ4n) is 1.25. The van der Waals surface area contributed by atoms with Gasteiger partial charge in [0.05, 0.1) is 11.0 Å². The Labute approximate surface area is 119 Å². The van der Waals surface area contributed by atoms with E-state index in [1.165, 1.54) is 23.5 Å². The fourth-order valence-corrected chi connectivity index (χ4v) is 2.28. The molecule has 0 amide bonds. The first-order valence-electron chi connectivity index (χ1n) is 4.95. The number of nitro benzene ring substituents is 1. The Hall–Kier alpha value is -1.78. The van der Waals surface area contributed by atoms with E-state index in [0.717, 1.165) is 0 Å². The molecule has 19 heavy (non-hydrogen) atoms. The third-order valence-corrected chi connectivity index (χ3v) is 3.31. The van der Waals surface area contributed by atoms with Crippen LogP contribution in [0.1, 0.15) is 5.01 Å². The molecule has 0 radical (unpaired) electrons. The minimum absolute atomic E-state index is 0.0500. The van der Waals surface area contributed by atoms with E-state index in [4.69, 9.17) is 10.6 Å². The summed E-state index contributed by atoms with van der Waals surface area (Å²) in [5.74, 6) is 5.55. The molecule has 0 aliphatic rings. The van der Waals surface area contributed by atoms with Gasteiger partial charge in [0, 0.05) is 10.5 Å². The van der Waals surface area contributed by atoms with Gasteiger partial charge in [0.2, 0.25) is 5.13 Å². The molecule has 0 spiro atoms. The number of hydrogen-bond donors (Lipinski definition) is 2. The number of nitrogen functional groups attached to an aromatic ring is 1. The Morgan fingerprint density at radius 2 is 2.26 bits per heavy atom. The van der Waals surface area contributed by atoms with Crippen LogP contribution in [0.25, 0.3) is 0 Å². The van der Waals surface area contributed by atoms with Crippen molar-refractivity contribution in [3.63, 3.8) is 0 Å². The summed E-state index contributed by atoms with van der Waals surface area (Å²) in [6.45, 7) is 0.160. The molecule has 1 aromatic heterocycles. The van der Waals surface area contributed by atoms with Gasteiger partial charge >= 0.3 is 0 Å². The number of non-ortho nitro benzene ring substituents is 1. The molecule has 3 N–H and O–H groups in total. The highest BCUT2D eigenvalue weighted by Crippen LogP contribution is 2.27. The van der Waals surface area contributed by atoms with Gasteiger partial charge in [-0.3, -0.25) is 15.5 Å². The van der Waals surface area contributed by atoms with Crippen LogP contribution >= 0.6 is 27.3 Å². The number of aromatic nitrogens is 2. The smallest absolute Gasteiger partial charge is 0.274 e. The molecule has 0 saturated heterocycles. The van der Waals surface area contributed by atoms with Crippen molar-refractivity contribution in [2.24, 2.45) is 5.84 Å². The quantitative estimate of drug-likeness (QED) is 0.484. The Morgan fingerprint density at radius 3 is 2.89 bits per heavy atom. The number of rotatable bonds is 5. The molecule has 100 valence electrons. The Balaban J connectivity index is 2.08. The van der Waals surface area contributed by atoms with Crippen LogP contribution in [0.3, 0.4) is 0 Å². The number of nitrogens with one attached hydrogen (secondary N) is 1. The summed E-state index contributed by atoms with van der Waals surface area (Å²) in [5.41, 5.74) is 2.32. The first kappa shape index (κ1) is 13.6. The number of ether oxygens (including phenoxy) is 1. The Morgan fingerprint density at radius 1 is 1.47 bits per heavy atom. The van der Waals surface area contributed by atoms with Crippen LogP contribution in [0.2, 0.25) is 0 Å². The second kappa shape index (κ2) is 5.91. The topological polar surface area (TPSA) is 116 Å². The van der Waals surface area contributed by atoms with E-state index in [1.807, 2.05) is 0 Å². The van der Waals surface area contributed by atoms with E-state index in [1.54, 1.807) is 6.07 Å². The van der Waals surface area contributed by atoms with Crippen LogP contribution < -0.4 is 16.0 Å². The maximum atomic E-state index is 10.7. The first-order valence-corrected chi connectivity index (χ1v) is 6.56. The van der Waals surface area contributed by atoms with Crippen LogP contribution in [0.5, 0.6) is 5.75 Å². The maximum absolute atomic E-state index is 10.7. The number of halogens is 1. The third-order valence-electron chi connectivity index (χ3n) is 2.02. The lowest BCUT2D eigenvalue weighted by Gasteiger charge is -2.04. The molecule has 0 unspecified atom stereocenters. The van der Waals surface area contributed by atoms with Crippen LogP contribution in [-0.2, 0) is 6.61 Å². The lowest BCUT2D eigenvalue weighted by atomic mass is 10.3. The van der Waals surface area contributed by atoms with Gasteiger partial charge in [-0.25, -0.2) is 5.84 Å². The molecule has 1 heterocycles. The first-order chi connectivity index (χ1) is 9.08. The monoisotopic (exact) mass is 345 g/mol. The highest BCUT2D eigenvalue weighted by molar-refractivity contribution is 9.10. The van der Waals surface area contributed by atoms with E-state index in [2.05, 4.69) is 31.6 Å². The lowest BCUT2D eigenvalue weighted by Crippen LogP contribution is -2.05. The summed E-state index contributed by atoms with van der Waals surface area (Å²) in [4.78, 5) is 10.2. The second-order valence-corrected chi connectivity index (χ2v) is 5.31. The van der Waals surface area contributed by atoms with Crippen molar-refractivity contribution in [3.8, 4) is 5.75 Å². The van der Waals surface area contributed by atoms with Crippen molar-refractivity contribution in [1.82, 2.24) is 10.2 Å². The molecule has 1 aromatic carbocycles. The number of nitrogens with zero attached hydrogens (tertiary/aromatic N) is 3. The molecular formula is C9H8BrN5O3S. The number of nitro groups is 1. The number of hydrogen-bond acceptors (Lipinski definition) is 8. The average Bonchev–Trinajstić information content (AvgIpc) is 2.83. The molecule has 0 bridgehead atoms. The van der Waals surface area contributed by atoms with E-state index in [9.17, 15) is 10.1 Å². The van der Waals surface area contributed by atoms with Gasteiger partial charge in [0.1, 0.15) is 12.4 Å². The van der Waals surface area contributed by atoms with E-state index < -0.39 is 4.92 Å². The maximum Gasteiger partial charge on any atom is 0.274 e. The zero-order valence-electron chi connectivity index (χ0n) is 9.37. The van der Waals surface area contributed by atoms with Gasteiger partial charge in [-0.2, -0.15) is 0 Å². The predicted octanol–water partition coefficient (Wildman–Crippen LogP) is 2.07. The zero-order valence-corrected chi connectivity index (χ0v) is 11.8. The summed E-state index contributed by atoms with van der Waals surface area (Å²) < 4.78 is 5.99. The van der Waals surface area contributed by atoms with Crippen LogP contribution in [0, 0.1) is 10.1 Å². The molecule has 0 aliphatic heterocycles. The lowest BCUT2D eigenvalue weighted by molar-refractivity contribution is -0.385. The molecule has 0 fully saturated rings. The van der Waals surface area contributed by atoms with Gasteiger partial charge in [-0.1, -0.05) is 27.3 Å². The van der Waals surface area contributed by atoms with Crippen molar-refractivity contribution in [2.75, 3.05) is 5.43 Å². The Kier molecular flexibility index (Phi) is 4.24. The molecule has 2 aromatic rings. The molecule has 0 saturated carbocycles. The van der Waals surface area contributed by atoms with E-state index in [-0.39, 0.29) is 12.3 Å². The van der Waals surface area contributed by atoms with Crippen molar-refractivity contribution >= 4 is 38.1 Å². The number of hydrazine groups is 1. The normalized spacial score (nSPS) is 10.2. The van der Waals surface area contributed by atoms with Crippen LogP contribution in [-0.4, -0.2) is 15.1 Å². The van der Waals surface area contributed by atoms with Gasteiger partial charge in [0.15, 0.2) is 5.01 Å². The van der Waals surface area contributed by atoms with Crippen LogP contribution in [0.15, 0.2) is 22.7 Å². The highest BCUT2D eigenvalue weighted by Gasteiger charge is 2.10. The number of anilines is 1. The summed E-state index contributed by atoms with van der Waals surface area (Å²) in [5, 5.41) is 19.4. The summed E-state index contributed by atoms with van der Waals surface area (Å²) >= 11 is 4.42. The van der Waals surface area contributed by atoms with Crippen molar-refractivity contribution in [3.05, 3.63) is 37.8 Å². The van der Waals surface area contributed by atoms with Gasteiger partial charge in [0.25, 0.3) is 5.69 Å². The predicted molar refractivity (Wildman–Crippen MR) is 72.8 cm³/mol. The zero-order chi connectivity index (χ0) is 13.8. The molecular weight excluding hydrogens is 338 g/mol. The SMILES string of the molecule is NNc1nnc(COc2cc(Br)cc([N+](=O)[O-])c2)s1. The second-order valence-electron chi connectivity index (χ2n) is 3.34. The number of benzene rings is 1. The van der Waals surface area contributed by atoms with E-state index >= 15 is 0 Å². The summed E-state index contributed by atoms with van der Waals surface area (Å²) in [6.07, 6.45) is 0. The molecule has 2 rings (SSSR count). The molecule has 10 heteroatoms. The van der Waals surface area contributed by atoms with Crippen LogP contribution in [0.4, 0.5) is 10.8 Å². The largest absolute Gasteiger partial charge is 0.486 e. The minimum atomic E-state index is -0.487. The Bertz CT molecular complexity index is 605. The highest BCUT2D eigenvalue weighted by atomic mass is 79.9. The average molecular weight is 346 g/mol. The van der Waals surface area contributed by atoms with Crippen molar-refractivity contribution < 1.29 is 9.66 Å². The van der Waals surface area contributed by atoms with Gasteiger partial charge in [-0.15, -0.1) is 10.2 Å². The van der Waals surface area contributed by atoms with Gasteiger partial charge in [-0.05, 0) is 6.07 Å². The van der Waals surface area contributed by atoms with Crippen molar-refractivity contribution in [2.45, 2.75) is 6.61 Å².